The molecule has 0 atom stereocenters. The molecule has 1 amide bonds. The van der Waals surface area contributed by atoms with Crippen molar-refractivity contribution in [1.29, 1.82) is 0 Å². The Morgan fingerprint density at radius 1 is 1.22 bits per heavy atom. The van der Waals surface area contributed by atoms with Crippen molar-refractivity contribution in [3.05, 3.63) is 64.9 Å². The van der Waals surface area contributed by atoms with E-state index >= 15 is 0 Å². The molecule has 3 rings (SSSR count). The molecule has 0 radical (unpaired) electrons. The molecule has 0 aliphatic heterocycles. The van der Waals surface area contributed by atoms with Crippen LogP contribution in [0.15, 0.2) is 48.5 Å². The Bertz CT molecular complexity index is 686. The van der Waals surface area contributed by atoms with Gasteiger partial charge in [0.15, 0.2) is 0 Å². The van der Waals surface area contributed by atoms with E-state index in [0.29, 0.717) is 29.8 Å². The lowest BCUT2D eigenvalue weighted by Gasteiger charge is -2.21. The quantitative estimate of drug-likeness (QED) is 0.864. The lowest BCUT2D eigenvalue weighted by Crippen LogP contribution is -2.34. The third-order valence-corrected chi connectivity index (χ3v) is 4.05. The summed E-state index contributed by atoms with van der Waals surface area (Å²) in [5, 5.41) is 3.46. The van der Waals surface area contributed by atoms with Gasteiger partial charge in [-0.1, -0.05) is 29.8 Å². The normalized spacial score (nSPS) is 14.0. The topological polar surface area (TPSA) is 32.3 Å². The molecular formula is C18H18ClFN2O. The number of halogens is 2. The number of nitrogens with one attached hydrogen (secondary N) is 1. The second-order valence-electron chi connectivity index (χ2n) is 5.82. The summed E-state index contributed by atoms with van der Waals surface area (Å²) in [6.07, 6.45) is 2.21. The van der Waals surface area contributed by atoms with Gasteiger partial charge in [-0.15, -0.1) is 0 Å². The van der Waals surface area contributed by atoms with Gasteiger partial charge in [0.05, 0.1) is 6.54 Å². The van der Waals surface area contributed by atoms with Crippen LogP contribution in [0.3, 0.4) is 0 Å². The highest BCUT2D eigenvalue weighted by Gasteiger charge is 2.30. The molecule has 1 fully saturated rings. The van der Waals surface area contributed by atoms with Crippen LogP contribution in [-0.2, 0) is 11.3 Å². The molecule has 0 spiro atoms. The highest BCUT2D eigenvalue weighted by molar-refractivity contribution is 6.30. The first-order valence-corrected chi connectivity index (χ1v) is 8.02. The molecule has 0 unspecified atom stereocenters. The van der Waals surface area contributed by atoms with Crippen LogP contribution in [-0.4, -0.2) is 23.4 Å². The van der Waals surface area contributed by atoms with Crippen LogP contribution < -0.4 is 5.32 Å². The van der Waals surface area contributed by atoms with Crippen molar-refractivity contribution in [3.8, 4) is 0 Å². The number of hydrogen-bond acceptors (Lipinski definition) is 2. The van der Waals surface area contributed by atoms with Crippen LogP contribution in [0.4, 0.5) is 10.1 Å². The van der Waals surface area contributed by atoms with Crippen LogP contribution in [0.5, 0.6) is 0 Å². The summed E-state index contributed by atoms with van der Waals surface area (Å²) < 4.78 is 13.0. The van der Waals surface area contributed by atoms with E-state index in [0.717, 1.165) is 18.4 Å². The van der Waals surface area contributed by atoms with E-state index in [1.54, 1.807) is 30.3 Å². The maximum absolute atomic E-state index is 13.0. The summed E-state index contributed by atoms with van der Waals surface area (Å²) in [5.74, 6) is -0.313. The van der Waals surface area contributed by atoms with E-state index in [-0.39, 0.29) is 11.7 Å². The Morgan fingerprint density at radius 2 is 1.96 bits per heavy atom. The highest BCUT2D eigenvalue weighted by atomic mass is 35.5. The first kappa shape index (κ1) is 16.0. The summed E-state index contributed by atoms with van der Waals surface area (Å²) in [4.78, 5) is 14.4. The van der Waals surface area contributed by atoms with Crippen LogP contribution in [0, 0.1) is 5.82 Å². The molecule has 120 valence electrons. The van der Waals surface area contributed by atoms with Crippen molar-refractivity contribution in [1.82, 2.24) is 4.90 Å². The van der Waals surface area contributed by atoms with Gasteiger partial charge in [-0.3, -0.25) is 9.69 Å². The number of benzene rings is 2. The minimum absolute atomic E-state index is 0.0683. The zero-order valence-electron chi connectivity index (χ0n) is 12.6. The maximum atomic E-state index is 13.0. The van der Waals surface area contributed by atoms with Gasteiger partial charge in [0.25, 0.3) is 0 Å². The van der Waals surface area contributed by atoms with E-state index in [1.165, 1.54) is 12.1 Å². The Kier molecular flexibility index (Phi) is 4.94. The Morgan fingerprint density at radius 3 is 2.61 bits per heavy atom. The molecule has 1 aliphatic rings. The average molecular weight is 333 g/mol. The van der Waals surface area contributed by atoms with Crippen molar-refractivity contribution in [2.24, 2.45) is 0 Å². The summed E-state index contributed by atoms with van der Waals surface area (Å²) >= 11 is 5.92. The van der Waals surface area contributed by atoms with E-state index in [1.807, 2.05) is 6.07 Å². The third kappa shape index (κ3) is 4.78. The van der Waals surface area contributed by atoms with E-state index in [2.05, 4.69) is 10.2 Å². The molecule has 1 aliphatic carbocycles. The van der Waals surface area contributed by atoms with E-state index < -0.39 is 0 Å². The standard InChI is InChI=1S/C18H18ClFN2O/c19-14-2-1-3-16(10-14)21-18(23)12-22(17-8-9-17)11-13-4-6-15(20)7-5-13/h1-7,10,17H,8-9,11-12H2,(H,21,23). The van der Waals surface area contributed by atoms with Gasteiger partial charge >= 0.3 is 0 Å². The second kappa shape index (κ2) is 7.11. The van der Waals surface area contributed by atoms with Crippen molar-refractivity contribution >= 4 is 23.2 Å². The predicted octanol–water partition coefficient (Wildman–Crippen LogP) is 4.08. The Balaban J connectivity index is 1.60. The van der Waals surface area contributed by atoms with Gasteiger partial charge < -0.3 is 5.32 Å². The fourth-order valence-corrected chi connectivity index (χ4v) is 2.72. The molecule has 3 nitrogen and oxygen atoms in total. The third-order valence-electron chi connectivity index (χ3n) is 3.82. The highest BCUT2D eigenvalue weighted by Crippen LogP contribution is 2.28. The second-order valence-corrected chi connectivity index (χ2v) is 6.26. The molecule has 0 saturated heterocycles. The summed E-state index contributed by atoms with van der Waals surface area (Å²) in [6, 6.07) is 14.0. The number of carbonyl (C=O) groups is 1. The lowest BCUT2D eigenvalue weighted by atomic mass is 10.2. The van der Waals surface area contributed by atoms with Crippen molar-refractivity contribution in [2.75, 3.05) is 11.9 Å². The van der Waals surface area contributed by atoms with Gasteiger partial charge in [0.2, 0.25) is 5.91 Å². The first-order valence-electron chi connectivity index (χ1n) is 7.64. The van der Waals surface area contributed by atoms with E-state index in [9.17, 15) is 9.18 Å². The molecule has 0 bridgehead atoms. The zero-order chi connectivity index (χ0) is 16.2. The van der Waals surface area contributed by atoms with Crippen LogP contribution in [0.25, 0.3) is 0 Å². The zero-order valence-corrected chi connectivity index (χ0v) is 13.4. The van der Waals surface area contributed by atoms with Crippen molar-refractivity contribution < 1.29 is 9.18 Å². The summed E-state index contributed by atoms with van der Waals surface area (Å²) in [5.41, 5.74) is 1.70. The summed E-state index contributed by atoms with van der Waals surface area (Å²) in [6.45, 7) is 0.961. The van der Waals surface area contributed by atoms with Crippen LogP contribution in [0.2, 0.25) is 5.02 Å². The molecule has 0 aromatic heterocycles. The summed E-state index contributed by atoms with van der Waals surface area (Å²) in [7, 11) is 0. The minimum Gasteiger partial charge on any atom is -0.325 e. The molecule has 0 heterocycles. The van der Waals surface area contributed by atoms with Gasteiger partial charge in [-0.25, -0.2) is 4.39 Å². The first-order chi connectivity index (χ1) is 11.1. The number of rotatable bonds is 6. The number of carbonyl (C=O) groups excluding carboxylic acids is 1. The minimum atomic E-state index is -0.245. The maximum Gasteiger partial charge on any atom is 0.238 e. The Hall–Kier alpha value is -1.91. The smallest absolute Gasteiger partial charge is 0.238 e. The molecular weight excluding hydrogens is 315 g/mol. The van der Waals surface area contributed by atoms with Gasteiger partial charge in [-0.05, 0) is 48.7 Å². The van der Waals surface area contributed by atoms with Crippen molar-refractivity contribution in [3.63, 3.8) is 0 Å². The predicted molar refractivity (Wildman–Crippen MR) is 89.9 cm³/mol. The fourth-order valence-electron chi connectivity index (χ4n) is 2.53. The van der Waals surface area contributed by atoms with Crippen molar-refractivity contribution in [2.45, 2.75) is 25.4 Å². The van der Waals surface area contributed by atoms with Crippen LogP contribution in [0.1, 0.15) is 18.4 Å². The molecule has 5 heteroatoms. The monoisotopic (exact) mass is 332 g/mol. The van der Waals surface area contributed by atoms with Crippen LogP contribution >= 0.6 is 11.6 Å². The van der Waals surface area contributed by atoms with Gasteiger partial charge in [0.1, 0.15) is 5.82 Å². The number of amides is 1. The van der Waals surface area contributed by atoms with Gasteiger partial charge in [-0.2, -0.15) is 0 Å². The molecule has 2 aromatic carbocycles. The van der Waals surface area contributed by atoms with E-state index in [4.69, 9.17) is 11.6 Å². The number of hydrogen-bond donors (Lipinski definition) is 1. The molecule has 1 N–H and O–H groups in total. The van der Waals surface area contributed by atoms with Gasteiger partial charge in [0, 0.05) is 23.3 Å². The number of nitrogens with zero attached hydrogens (tertiary/aromatic N) is 1. The molecule has 23 heavy (non-hydrogen) atoms. The molecule has 1 saturated carbocycles. The SMILES string of the molecule is O=C(CN(Cc1ccc(F)cc1)C1CC1)Nc1cccc(Cl)c1. The lowest BCUT2D eigenvalue weighted by molar-refractivity contribution is -0.117. The fraction of sp³-hybridized carbons (Fsp3) is 0.278. The average Bonchev–Trinajstić information content (AvgIpc) is 3.33. The molecule has 2 aromatic rings. The Labute approximate surface area is 140 Å². The number of anilines is 1. The largest absolute Gasteiger partial charge is 0.325 e.